The summed E-state index contributed by atoms with van der Waals surface area (Å²) >= 11 is 0. The van der Waals surface area contributed by atoms with Crippen LogP contribution < -0.4 is 4.90 Å². The lowest BCUT2D eigenvalue weighted by atomic mass is 9.73. The van der Waals surface area contributed by atoms with Crippen LogP contribution in [0.4, 0.5) is 10.2 Å². The fourth-order valence-corrected chi connectivity index (χ4v) is 4.05. The monoisotopic (exact) mass is 333 g/mol. The lowest BCUT2D eigenvalue weighted by molar-refractivity contribution is -0.138. The zero-order valence-electron chi connectivity index (χ0n) is 14.8. The van der Waals surface area contributed by atoms with Crippen molar-refractivity contribution < 1.29 is 9.18 Å². The molecule has 2 aliphatic heterocycles. The summed E-state index contributed by atoms with van der Waals surface area (Å²) in [5, 5.41) is 0. The SMILES string of the molecule is CC(C)CCN1C[C@]2(CCCN(c3ncccc3F)C2)CCC1=O. The Labute approximate surface area is 144 Å². The molecule has 132 valence electrons. The summed E-state index contributed by atoms with van der Waals surface area (Å²) < 4.78 is 14.1. The Morgan fingerprint density at radius 1 is 1.33 bits per heavy atom. The third-order valence-electron chi connectivity index (χ3n) is 5.42. The predicted octanol–water partition coefficient (Wildman–Crippen LogP) is 3.48. The number of hydrogen-bond donors (Lipinski definition) is 0. The second kappa shape index (κ2) is 7.08. The first-order valence-electron chi connectivity index (χ1n) is 9.12. The van der Waals surface area contributed by atoms with Gasteiger partial charge in [-0.1, -0.05) is 13.8 Å². The van der Waals surface area contributed by atoms with Gasteiger partial charge in [-0.3, -0.25) is 4.79 Å². The normalized spacial score (nSPS) is 24.9. The lowest BCUT2D eigenvalue weighted by Crippen LogP contribution is -2.54. The van der Waals surface area contributed by atoms with Crippen molar-refractivity contribution in [1.29, 1.82) is 0 Å². The molecule has 3 heterocycles. The van der Waals surface area contributed by atoms with Gasteiger partial charge in [-0.25, -0.2) is 9.37 Å². The van der Waals surface area contributed by atoms with Gasteiger partial charge in [0.15, 0.2) is 11.6 Å². The second-order valence-electron chi connectivity index (χ2n) is 7.83. The van der Waals surface area contributed by atoms with Crippen molar-refractivity contribution in [3.63, 3.8) is 0 Å². The second-order valence-corrected chi connectivity index (χ2v) is 7.83. The molecule has 0 N–H and O–H groups in total. The van der Waals surface area contributed by atoms with E-state index >= 15 is 0 Å². The van der Waals surface area contributed by atoms with E-state index in [9.17, 15) is 9.18 Å². The molecule has 1 aromatic heterocycles. The molecule has 1 spiro atoms. The van der Waals surface area contributed by atoms with E-state index in [0.29, 0.717) is 18.2 Å². The van der Waals surface area contributed by atoms with Crippen molar-refractivity contribution >= 4 is 11.7 Å². The van der Waals surface area contributed by atoms with Crippen LogP contribution in [0.25, 0.3) is 0 Å². The highest BCUT2D eigenvalue weighted by Crippen LogP contribution is 2.40. The lowest BCUT2D eigenvalue weighted by Gasteiger charge is -2.48. The van der Waals surface area contributed by atoms with Crippen LogP contribution in [0.2, 0.25) is 0 Å². The number of halogens is 1. The van der Waals surface area contributed by atoms with Crippen LogP contribution in [0.5, 0.6) is 0 Å². The Balaban J connectivity index is 1.72. The predicted molar refractivity (Wildman–Crippen MR) is 93.3 cm³/mol. The summed E-state index contributed by atoms with van der Waals surface area (Å²) in [7, 11) is 0. The molecule has 4 nitrogen and oxygen atoms in total. The van der Waals surface area contributed by atoms with Gasteiger partial charge < -0.3 is 9.80 Å². The number of nitrogens with zero attached hydrogens (tertiary/aromatic N) is 3. The fourth-order valence-electron chi connectivity index (χ4n) is 4.05. The number of pyridine rings is 1. The van der Waals surface area contributed by atoms with Crippen LogP contribution in [0, 0.1) is 17.2 Å². The van der Waals surface area contributed by atoms with Gasteiger partial charge in [0.2, 0.25) is 5.91 Å². The van der Waals surface area contributed by atoms with E-state index in [4.69, 9.17) is 0 Å². The smallest absolute Gasteiger partial charge is 0.222 e. The Kier molecular flexibility index (Phi) is 5.07. The molecular formula is C19H28FN3O. The Morgan fingerprint density at radius 3 is 2.92 bits per heavy atom. The van der Waals surface area contributed by atoms with Gasteiger partial charge in [-0.2, -0.15) is 0 Å². The highest BCUT2D eigenvalue weighted by atomic mass is 19.1. The summed E-state index contributed by atoms with van der Waals surface area (Å²) in [5.41, 5.74) is 0.0904. The van der Waals surface area contributed by atoms with Gasteiger partial charge >= 0.3 is 0 Å². The van der Waals surface area contributed by atoms with Gasteiger partial charge in [0.1, 0.15) is 0 Å². The average Bonchev–Trinajstić information content (AvgIpc) is 2.56. The summed E-state index contributed by atoms with van der Waals surface area (Å²) in [5.74, 6) is 1.09. The minimum Gasteiger partial charge on any atom is -0.354 e. The molecule has 2 saturated heterocycles. The minimum atomic E-state index is -0.252. The zero-order valence-corrected chi connectivity index (χ0v) is 14.8. The third kappa shape index (κ3) is 3.70. The Hall–Kier alpha value is -1.65. The molecule has 0 unspecified atom stereocenters. The molecular weight excluding hydrogens is 305 g/mol. The van der Waals surface area contributed by atoms with E-state index in [2.05, 4.69) is 23.7 Å². The van der Waals surface area contributed by atoms with Crippen LogP contribution in [0.15, 0.2) is 18.3 Å². The third-order valence-corrected chi connectivity index (χ3v) is 5.42. The molecule has 0 bridgehead atoms. The molecule has 2 aliphatic rings. The summed E-state index contributed by atoms with van der Waals surface area (Å²) in [6.07, 6.45) is 6.37. The molecule has 24 heavy (non-hydrogen) atoms. The molecule has 1 atom stereocenters. The van der Waals surface area contributed by atoms with E-state index in [1.807, 2.05) is 4.90 Å². The van der Waals surface area contributed by atoms with E-state index in [1.165, 1.54) is 6.07 Å². The van der Waals surface area contributed by atoms with Gasteiger partial charge in [-0.15, -0.1) is 0 Å². The first kappa shape index (κ1) is 17.2. The van der Waals surface area contributed by atoms with Crippen LogP contribution in [-0.4, -0.2) is 42.0 Å². The van der Waals surface area contributed by atoms with E-state index < -0.39 is 0 Å². The fraction of sp³-hybridized carbons (Fsp3) is 0.684. The number of carbonyl (C=O) groups is 1. The van der Waals surface area contributed by atoms with Gasteiger partial charge in [0, 0.05) is 44.2 Å². The molecule has 1 amide bonds. The van der Waals surface area contributed by atoms with Crippen LogP contribution >= 0.6 is 0 Å². The molecule has 0 saturated carbocycles. The zero-order chi connectivity index (χ0) is 17.2. The van der Waals surface area contributed by atoms with Crippen molar-refractivity contribution in [2.45, 2.75) is 46.0 Å². The van der Waals surface area contributed by atoms with Crippen molar-refractivity contribution in [3.8, 4) is 0 Å². The maximum absolute atomic E-state index is 14.1. The number of carbonyl (C=O) groups excluding carboxylic acids is 1. The van der Waals surface area contributed by atoms with Gasteiger partial charge in [0.05, 0.1) is 0 Å². The van der Waals surface area contributed by atoms with Crippen LogP contribution in [0.3, 0.4) is 0 Å². The van der Waals surface area contributed by atoms with Crippen molar-refractivity contribution in [1.82, 2.24) is 9.88 Å². The summed E-state index contributed by atoms with van der Waals surface area (Å²) in [6, 6.07) is 3.11. The average molecular weight is 333 g/mol. The minimum absolute atomic E-state index is 0.0904. The van der Waals surface area contributed by atoms with E-state index in [1.54, 1.807) is 12.3 Å². The van der Waals surface area contributed by atoms with Crippen molar-refractivity contribution in [2.24, 2.45) is 11.3 Å². The van der Waals surface area contributed by atoms with Crippen LogP contribution in [-0.2, 0) is 4.79 Å². The Morgan fingerprint density at radius 2 is 2.17 bits per heavy atom. The van der Waals surface area contributed by atoms with E-state index in [0.717, 1.165) is 51.9 Å². The molecule has 0 radical (unpaired) electrons. The number of likely N-dealkylation sites (tertiary alicyclic amines) is 1. The van der Waals surface area contributed by atoms with Crippen molar-refractivity contribution in [3.05, 3.63) is 24.1 Å². The first-order chi connectivity index (χ1) is 11.5. The van der Waals surface area contributed by atoms with Crippen molar-refractivity contribution in [2.75, 3.05) is 31.1 Å². The molecule has 0 aliphatic carbocycles. The highest BCUT2D eigenvalue weighted by Gasteiger charge is 2.42. The maximum atomic E-state index is 14.1. The highest BCUT2D eigenvalue weighted by molar-refractivity contribution is 5.77. The number of anilines is 1. The van der Waals surface area contributed by atoms with Gasteiger partial charge in [0.25, 0.3) is 0 Å². The number of aromatic nitrogens is 1. The Bertz CT molecular complexity index is 592. The number of amides is 1. The standard InChI is InChI=1S/C19H28FN3O/c1-15(2)7-12-22-13-19(9-6-17(22)24)8-4-11-23(14-19)18-16(20)5-3-10-21-18/h3,5,10,15H,4,6-9,11-14H2,1-2H3/t19-/m0/s1. The molecule has 1 aromatic rings. The molecule has 3 rings (SSSR count). The van der Waals surface area contributed by atoms with Gasteiger partial charge in [-0.05, 0) is 43.7 Å². The molecule has 2 fully saturated rings. The summed E-state index contributed by atoms with van der Waals surface area (Å²) in [4.78, 5) is 20.6. The first-order valence-corrected chi connectivity index (χ1v) is 9.12. The molecule has 0 aromatic carbocycles. The maximum Gasteiger partial charge on any atom is 0.222 e. The quantitative estimate of drug-likeness (QED) is 0.846. The molecule has 5 heteroatoms. The topological polar surface area (TPSA) is 36.4 Å². The summed E-state index contributed by atoms with van der Waals surface area (Å²) in [6.45, 7) is 7.68. The largest absolute Gasteiger partial charge is 0.354 e. The van der Waals surface area contributed by atoms with E-state index in [-0.39, 0.29) is 17.1 Å². The van der Waals surface area contributed by atoms with Crippen LogP contribution in [0.1, 0.15) is 46.0 Å². The number of hydrogen-bond acceptors (Lipinski definition) is 3. The number of rotatable bonds is 4. The number of piperidine rings is 2.